The molecule has 0 atom stereocenters. The van der Waals surface area contributed by atoms with Crippen LogP contribution in [0.5, 0.6) is 0 Å². The smallest absolute Gasteiger partial charge is 0.101 e. The van der Waals surface area contributed by atoms with Crippen LogP contribution in [-0.2, 0) is 0 Å². The first kappa shape index (κ1) is 9.94. The number of hydrogen-bond acceptors (Lipinski definition) is 5. The van der Waals surface area contributed by atoms with Crippen molar-refractivity contribution in [3.05, 3.63) is 22.7 Å². The number of aliphatic imine (C=N–C) groups is 1. The van der Waals surface area contributed by atoms with E-state index in [4.69, 9.17) is 5.26 Å². The van der Waals surface area contributed by atoms with E-state index in [9.17, 15) is 0 Å². The Labute approximate surface area is 95.7 Å². The fourth-order valence-electron chi connectivity index (χ4n) is 1.38. The van der Waals surface area contributed by atoms with Crippen LogP contribution in [0.2, 0.25) is 0 Å². The molecule has 1 heterocycles. The molecule has 1 aromatic heterocycles. The summed E-state index contributed by atoms with van der Waals surface area (Å²) < 4.78 is 0.901. The average Bonchev–Trinajstić information content (AvgIpc) is 2.71. The third kappa shape index (κ3) is 1.55. The van der Waals surface area contributed by atoms with Gasteiger partial charge >= 0.3 is 0 Å². The molecule has 15 heavy (non-hydrogen) atoms. The summed E-state index contributed by atoms with van der Waals surface area (Å²) in [6.45, 7) is 1.91. The first-order valence-electron chi connectivity index (χ1n) is 4.12. The molecule has 0 amide bonds. The Morgan fingerprint density at radius 2 is 2.40 bits per heavy atom. The van der Waals surface area contributed by atoms with Gasteiger partial charge in [0.05, 0.1) is 32.1 Å². The van der Waals surface area contributed by atoms with Gasteiger partial charge in [0, 0.05) is 5.56 Å². The van der Waals surface area contributed by atoms with Crippen LogP contribution in [0.25, 0.3) is 10.2 Å². The van der Waals surface area contributed by atoms with Crippen molar-refractivity contribution in [1.29, 1.82) is 5.26 Å². The van der Waals surface area contributed by atoms with Gasteiger partial charge in [0.25, 0.3) is 0 Å². The van der Waals surface area contributed by atoms with Crippen LogP contribution in [0.15, 0.2) is 16.6 Å². The van der Waals surface area contributed by atoms with Crippen LogP contribution >= 0.6 is 23.6 Å². The SMILES string of the molecule is Cc1c(N=C=S)cc(C#N)c2scnc12. The van der Waals surface area contributed by atoms with E-state index in [0.717, 1.165) is 15.8 Å². The van der Waals surface area contributed by atoms with E-state index in [1.165, 1.54) is 11.3 Å². The summed E-state index contributed by atoms with van der Waals surface area (Å²) in [7, 11) is 0. The minimum atomic E-state index is 0.585. The fourth-order valence-corrected chi connectivity index (χ4v) is 2.30. The topological polar surface area (TPSA) is 49.0 Å². The highest BCUT2D eigenvalue weighted by Crippen LogP contribution is 2.31. The molecule has 0 N–H and O–H groups in total. The maximum Gasteiger partial charge on any atom is 0.101 e. The number of thiazole rings is 1. The summed E-state index contributed by atoms with van der Waals surface area (Å²) >= 11 is 6.02. The van der Waals surface area contributed by atoms with Crippen molar-refractivity contribution in [2.24, 2.45) is 4.99 Å². The van der Waals surface area contributed by atoms with Crippen molar-refractivity contribution >= 4 is 44.6 Å². The molecule has 0 aliphatic carbocycles. The van der Waals surface area contributed by atoms with Crippen LogP contribution in [0, 0.1) is 18.3 Å². The molecular formula is C10H5N3S2. The van der Waals surface area contributed by atoms with Gasteiger partial charge in [0.2, 0.25) is 0 Å². The first-order chi connectivity index (χ1) is 7.27. The van der Waals surface area contributed by atoms with Crippen LogP contribution < -0.4 is 0 Å². The number of fused-ring (bicyclic) bond motifs is 1. The third-order valence-corrected chi connectivity index (χ3v) is 3.07. The minimum absolute atomic E-state index is 0.585. The molecule has 0 unspecified atom stereocenters. The molecule has 0 aliphatic rings. The molecule has 0 radical (unpaired) electrons. The zero-order valence-corrected chi connectivity index (χ0v) is 9.45. The number of hydrogen-bond donors (Lipinski definition) is 0. The molecule has 3 nitrogen and oxygen atoms in total. The Hall–Kier alpha value is -1.60. The summed E-state index contributed by atoms with van der Waals surface area (Å²) in [5, 5.41) is 11.3. The number of nitrogens with zero attached hydrogens (tertiary/aromatic N) is 3. The molecule has 1 aromatic carbocycles. The van der Waals surface area contributed by atoms with Crippen molar-refractivity contribution in [3.8, 4) is 6.07 Å². The largest absolute Gasteiger partial charge is 0.244 e. The second kappa shape index (κ2) is 3.87. The molecule has 0 saturated carbocycles. The second-order valence-electron chi connectivity index (χ2n) is 2.91. The lowest BCUT2D eigenvalue weighted by molar-refractivity contribution is 1.38. The van der Waals surface area contributed by atoms with Crippen molar-refractivity contribution in [2.75, 3.05) is 0 Å². The van der Waals surface area contributed by atoms with E-state index in [-0.39, 0.29) is 0 Å². The number of nitriles is 1. The maximum absolute atomic E-state index is 8.98. The van der Waals surface area contributed by atoms with Gasteiger partial charge in [-0.3, -0.25) is 0 Å². The molecule has 0 fully saturated rings. The van der Waals surface area contributed by atoms with E-state index in [1.54, 1.807) is 11.6 Å². The van der Waals surface area contributed by atoms with Gasteiger partial charge in [-0.05, 0) is 25.2 Å². The number of isothiocyanates is 1. The Bertz CT molecular complexity index is 615. The maximum atomic E-state index is 8.98. The normalized spacial score (nSPS) is 9.60. The van der Waals surface area contributed by atoms with Gasteiger partial charge in [-0.25, -0.2) is 4.98 Å². The van der Waals surface area contributed by atoms with Crippen LogP contribution in [0.1, 0.15) is 11.1 Å². The van der Waals surface area contributed by atoms with Crippen molar-refractivity contribution in [3.63, 3.8) is 0 Å². The zero-order chi connectivity index (χ0) is 10.8. The summed E-state index contributed by atoms with van der Waals surface area (Å²) in [5.74, 6) is 0. The standard InChI is InChI=1S/C10H5N3S2/c1-6-8(12-4-14)2-7(3-11)10-9(6)13-5-15-10/h2,5H,1H3. The third-order valence-electron chi connectivity index (χ3n) is 2.12. The predicted molar refractivity (Wildman–Crippen MR) is 63.8 cm³/mol. The number of aryl methyl sites for hydroxylation is 1. The molecular weight excluding hydrogens is 226 g/mol. The van der Waals surface area contributed by atoms with Crippen molar-refractivity contribution < 1.29 is 0 Å². The van der Waals surface area contributed by atoms with Crippen molar-refractivity contribution in [2.45, 2.75) is 6.92 Å². The summed E-state index contributed by atoms with van der Waals surface area (Å²) in [4.78, 5) is 8.14. The Kier molecular flexibility index (Phi) is 2.57. The van der Waals surface area contributed by atoms with E-state index in [0.29, 0.717) is 11.3 Å². The van der Waals surface area contributed by atoms with E-state index in [1.807, 2.05) is 6.92 Å². The lowest BCUT2D eigenvalue weighted by atomic mass is 10.1. The summed E-state index contributed by atoms with van der Waals surface area (Å²) in [6, 6.07) is 3.85. The van der Waals surface area contributed by atoms with Gasteiger partial charge in [0.15, 0.2) is 0 Å². The minimum Gasteiger partial charge on any atom is -0.244 e. The Morgan fingerprint density at radius 1 is 1.60 bits per heavy atom. The van der Waals surface area contributed by atoms with E-state index < -0.39 is 0 Å². The lowest BCUT2D eigenvalue weighted by Gasteiger charge is -2.00. The van der Waals surface area contributed by atoms with E-state index >= 15 is 0 Å². The Morgan fingerprint density at radius 3 is 3.07 bits per heavy atom. The van der Waals surface area contributed by atoms with Crippen LogP contribution in [0.3, 0.4) is 0 Å². The van der Waals surface area contributed by atoms with Gasteiger partial charge < -0.3 is 0 Å². The van der Waals surface area contributed by atoms with Gasteiger partial charge in [-0.15, -0.1) is 11.3 Å². The quantitative estimate of drug-likeness (QED) is 0.559. The monoisotopic (exact) mass is 231 g/mol. The molecule has 0 spiro atoms. The summed E-state index contributed by atoms with van der Waals surface area (Å²) in [6.07, 6.45) is 0. The van der Waals surface area contributed by atoms with Crippen molar-refractivity contribution in [1.82, 2.24) is 4.98 Å². The lowest BCUT2D eigenvalue weighted by Crippen LogP contribution is -1.82. The molecule has 0 saturated heterocycles. The number of benzene rings is 1. The number of aromatic nitrogens is 1. The highest BCUT2D eigenvalue weighted by molar-refractivity contribution is 7.78. The predicted octanol–water partition coefficient (Wildman–Crippen LogP) is 3.21. The van der Waals surface area contributed by atoms with Gasteiger partial charge in [-0.2, -0.15) is 10.3 Å². The molecule has 0 bridgehead atoms. The molecule has 2 aromatic rings. The first-order valence-corrected chi connectivity index (χ1v) is 5.41. The van der Waals surface area contributed by atoms with Crippen LogP contribution in [0.4, 0.5) is 5.69 Å². The van der Waals surface area contributed by atoms with E-state index in [2.05, 4.69) is 33.4 Å². The average molecular weight is 231 g/mol. The zero-order valence-electron chi connectivity index (χ0n) is 7.81. The fraction of sp³-hybridized carbons (Fsp3) is 0.100. The van der Waals surface area contributed by atoms with Gasteiger partial charge in [-0.1, -0.05) is 0 Å². The van der Waals surface area contributed by atoms with Gasteiger partial charge in [0.1, 0.15) is 6.07 Å². The highest BCUT2D eigenvalue weighted by atomic mass is 32.1. The molecule has 2 rings (SSSR count). The Balaban J connectivity index is 2.92. The van der Waals surface area contributed by atoms with Crippen LogP contribution in [-0.4, -0.2) is 10.1 Å². The second-order valence-corrected chi connectivity index (χ2v) is 3.95. The summed E-state index contributed by atoms with van der Waals surface area (Å²) in [5.41, 5.74) is 4.73. The number of rotatable bonds is 1. The molecule has 72 valence electrons. The molecule has 0 aliphatic heterocycles. The molecule has 5 heteroatoms. The highest BCUT2D eigenvalue weighted by Gasteiger charge is 2.10. The number of thiocarbonyl (C=S) groups is 1.